The Morgan fingerprint density at radius 1 is 1.14 bits per heavy atom. The number of piperidine rings is 1. The number of likely N-dealkylation sites (tertiary alicyclic amines) is 1. The molecule has 1 N–H and O–H groups in total. The van der Waals surface area contributed by atoms with Crippen molar-refractivity contribution in [1.82, 2.24) is 0 Å². The van der Waals surface area contributed by atoms with Gasteiger partial charge in [0.05, 0.1) is 44.6 Å². The minimum Gasteiger partial charge on any atom is -0.497 e. The lowest BCUT2D eigenvalue weighted by Crippen LogP contribution is -2.62. The lowest BCUT2D eigenvalue weighted by atomic mass is 9.98. The van der Waals surface area contributed by atoms with Gasteiger partial charge in [-0.15, -0.1) is 0 Å². The Balaban J connectivity index is 2.39. The summed E-state index contributed by atoms with van der Waals surface area (Å²) in [5.41, 5.74) is 1.66. The van der Waals surface area contributed by atoms with Crippen molar-refractivity contribution in [2.75, 3.05) is 38.7 Å². The van der Waals surface area contributed by atoms with Gasteiger partial charge in [-0.05, 0) is 64.2 Å². The molecule has 2 rings (SSSR count). The number of quaternary nitrogens is 1. The van der Waals surface area contributed by atoms with Crippen LogP contribution < -0.4 is 10.1 Å². The van der Waals surface area contributed by atoms with Crippen LogP contribution >= 0.6 is 0 Å². The van der Waals surface area contributed by atoms with Crippen LogP contribution in [-0.2, 0) is 9.53 Å². The van der Waals surface area contributed by atoms with Gasteiger partial charge in [-0.2, -0.15) is 0 Å². The highest BCUT2D eigenvalue weighted by atomic mass is 16.5. The Bertz CT molecular complexity index is 711. The number of likely N-dealkylation sites (N-methyl/N-ethyl adjacent to an activating group) is 1. The molecular weight excluding hydrogens is 368 g/mol. The molecule has 1 aliphatic heterocycles. The molecule has 29 heavy (non-hydrogen) atoms. The van der Waals surface area contributed by atoms with Crippen molar-refractivity contribution in [3.8, 4) is 5.75 Å². The van der Waals surface area contributed by atoms with Crippen LogP contribution in [0.5, 0.6) is 5.75 Å². The molecule has 1 amide bonds. The predicted octanol–water partition coefficient (Wildman–Crippen LogP) is 4.31. The van der Waals surface area contributed by atoms with E-state index in [0.29, 0.717) is 17.0 Å². The lowest BCUT2D eigenvalue weighted by Gasteiger charge is -2.46. The molecule has 0 aliphatic carbocycles. The summed E-state index contributed by atoms with van der Waals surface area (Å²) in [5.74, 6) is 0.116. The van der Waals surface area contributed by atoms with Crippen molar-refractivity contribution < 1.29 is 23.5 Å². The van der Waals surface area contributed by atoms with E-state index in [1.807, 2.05) is 13.0 Å². The second-order valence-corrected chi connectivity index (χ2v) is 7.92. The number of benzene rings is 1. The van der Waals surface area contributed by atoms with Crippen LogP contribution in [0.1, 0.15) is 68.8 Å². The molecule has 6 heteroatoms. The average Bonchev–Trinajstić information content (AvgIpc) is 2.73. The van der Waals surface area contributed by atoms with E-state index in [0.717, 1.165) is 55.4 Å². The first-order chi connectivity index (χ1) is 13.9. The van der Waals surface area contributed by atoms with Crippen LogP contribution in [0.25, 0.3) is 0 Å². The number of hydrogen-bond acceptors (Lipinski definition) is 4. The highest BCUT2D eigenvalue weighted by Crippen LogP contribution is 2.30. The Morgan fingerprint density at radius 2 is 1.83 bits per heavy atom. The third-order valence-corrected chi connectivity index (χ3v) is 6.15. The topological polar surface area (TPSA) is 64.6 Å². The fraction of sp³-hybridized carbons (Fsp3) is 0.652. The molecule has 6 nitrogen and oxygen atoms in total. The zero-order chi connectivity index (χ0) is 21.4. The number of nitrogens with one attached hydrogen (secondary N) is 1. The number of esters is 1. The standard InChI is InChI=1S/C23H36N2O4/c1-6-12-20(25(7-2)13-10-9-11-14-25)22(26)24-21-17(4)15-18(28-5)16-19(21)23(27)29-8-3/h15-16,20H,6-14H2,1-5H3/p+1. The van der Waals surface area contributed by atoms with E-state index >= 15 is 0 Å². The summed E-state index contributed by atoms with van der Waals surface area (Å²) in [4.78, 5) is 26.0. The maximum atomic E-state index is 13.5. The van der Waals surface area contributed by atoms with Gasteiger partial charge in [-0.25, -0.2) is 4.79 Å². The summed E-state index contributed by atoms with van der Waals surface area (Å²) in [7, 11) is 1.56. The molecule has 0 radical (unpaired) electrons. The zero-order valence-corrected chi connectivity index (χ0v) is 18.7. The van der Waals surface area contributed by atoms with Gasteiger partial charge >= 0.3 is 5.97 Å². The normalized spacial score (nSPS) is 16.7. The largest absolute Gasteiger partial charge is 0.497 e. The lowest BCUT2D eigenvalue weighted by molar-refractivity contribution is -0.945. The van der Waals surface area contributed by atoms with Crippen molar-refractivity contribution in [2.45, 2.75) is 65.8 Å². The fourth-order valence-corrected chi connectivity index (χ4v) is 4.53. The smallest absolute Gasteiger partial charge is 0.340 e. The molecule has 0 saturated carbocycles. The number of carbonyl (C=O) groups is 2. The van der Waals surface area contributed by atoms with Gasteiger partial charge in [-0.3, -0.25) is 4.79 Å². The van der Waals surface area contributed by atoms with Gasteiger partial charge in [0.2, 0.25) is 0 Å². The number of amides is 1. The average molecular weight is 406 g/mol. The maximum Gasteiger partial charge on any atom is 0.340 e. The summed E-state index contributed by atoms with van der Waals surface area (Å²) in [6.07, 6.45) is 5.35. The number of methoxy groups -OCH3 is 1. The SMILES string of the molecule is CCCC(C(=O)Nc1c(C)cc(OC)cc1C(=O)OCC)[N+]1(CC)CCCCC1. The highest BCUT2D eigenvalue weighted by Gasteiger charge is 2.41. The first-order valence-electron chi connectivity index (χ1n) is 10.9. The molecular formula is C23H37N2O4+. The molecule has 1 aliphatic rings. The first kappa shape index (κ1) is 23.2. The molecule has 0 aromatic heterocycles. The summed E-state index contributed by atoms with van der Waals surface area (Å²) < 4.78 is 11.4. The van der Waals surface area contributed by atoms with E-state index < -0.39 is 5.97 Å². The number of nitrogens with zero attached hydrogens (tertiary/aromatic N) is 1. The summed E-state index contributed by atoms with van der Waals surface area (Å²) in [5, 5.41) is 3.10. The van der Waals surface area contributed by atoms with Gasteiger partial charge in [0.15, 0.2) is 6.04 Å². The molecule has 1 aromatic carbocycles. The fourth-order valence-electron chi connectivity index (χ4n) is 4.53. The Kier molecular flexibility index (Phi) is 8.50. The molecule has 1 unspecified atom stereocenters. The molecule has 0 bridgehead atoms. The minimum absolute atomic E-state index is 0.00517. The summed E-state index contributed by atoms with van der Waals surface area (Å²) in [6, 6.07) is 3.36. The molecule has 1 fully saturated rings. The van der Waals surface area contributed by atoms with Crippen LogP contribution in [0.2, 0.25) is 0 Å². The van der Waals surface area contributed by atoms with E-state index in [1.54, 1.807) is 20.1 Å². The van der Waals surface area contributed by atoms with Gasteiger partial charge in [0.1, 0.15) is 5.75 Å². The van der Waals surface area contributed by atoms with E-state index in [-0.39, 0.29) is 18.6 Å². The maximum absolute atomic E-state index is 13.5. The van der Waals surface area contributed by atoms with Gasteiger partial charge in [0, 0.05) is 6.42 Å². The summed E-state index contributed by atoms with van der Waals surface area (Å²) >= 11 is 0. The number of anilines is 1. The minimum atomic E-state index is -0.450. The molecule has 1 saturated heterocycles. The molecule has 1 atom stereocenters. The van der Waals surface area contributed by atoms with Crippen LogP contribution in [-0.4, -0.2) is 55.8 Å². The molecule has 0 spiro atoms. The number of ether oxygens (including phenoxy) is 2. The van der Waals surface area contributed by atoms with E-state index in [2.05, 4.69) is 19.2 Å². The quantitative estimate of drug-likeness (QED) is 0.491. The monoisotopic (exact) mass is 405 g/mol. The number of rotatable bonds is 9. The van der Waals surface area contributed by atoms with E-state index in [1.165, 1.54) is 6.42 Å². The van der Waals surface area contributed by atoms with Gasteiger partial charge < -0.3 is 19.3 Å². The first-order valence-corrected chi connectivity index (χ1v) is 10.9. The molecule has 1 heterocycles. The molecule has 1 aromatic rings. The summed E-state index contributed by atoms with van der Waals surface area (Å²) in [6.45, 7) is 11.3. The van der Waals surface area contributed by atoms with Crippen LogP contribution in [0.4, 0.5) is 5.69 Å². The van der Waals surface area contributed by atoms with E-state index in [9.17, 15) is 9.59 Å². The second kappa shape index (κ2) is 10.6. The number of carbonyl (C=O) groups excluding carboxylic acids is 2. The van der Waals surface area contributed by atoms with Crippen molar-refractivity contribution >= 4 is 17.6 Å². The third kappa shape index (κ3) is 5.30. The Morgan fingerprint density at radius 3 is 2.38 bits per heavy atom. The van der Waals surface area contributed by atoms with Crippen LogP contribution in [0, 0.1) is 6.92 Å². The Labute approximate surface area is 175 Å². The zero-order valence-electron chi connectivity index (χ0n) is 18.7. The third-order valence-electron chi connectivity index (χ3n) is 6.15. The van der Waals surface area contributed by atoms with Crippen LogP contribution in [0.3, 0.4) is 0 Å². The number of hydrogen-bond donors (Lipinski definition) is 1. The van der Waals surface area contributed by atoms with Crippen molar-refractivity contribution in [1.29, 1.82) is 0 Å². The van der Waals surface area contributed by atoms with E-state index in [4.69, 9.17) is 9.47 Å². The molecule has 162 valence electrons. The second-order valence-electron chi connectivity index (χ2n) is 7.92. The van der Waals surface area contributed by atoms with Crippen molar-refractivity contribution in [2.24, 2.45) is 0 Å². The van der Waals surface area contributed by atoms with Crippen molar-refractivity contribution in [3.63, 3.8) is 0 Å². The predicted molar refractivity (Wildman–Crippen MR) is 115 cm³/mol. The van der Waals surface area contributed by atoms with Gasteiger partial charge in [-0.1, -0.05) is 6.92 Å². The highest BCUT2D eigenvalue weighted by molar-refractivity contribution is 6.03. The Hall–Kier alpha value is -2.08. The van der Waals surface area contributed by atoms with Gasteiger partial charge in [0.25, 0.3) is 5.91 Å². The van der Waals surface area contributed by atoms with Crippen LogP contribution in [0.15, 0.2) is 12.1 Å². The van der Waals surface area contributed by atoms with Crippen molar-refractivity contribution in [3.05, 3.63) is 23.3 Å². The number of aryl methyl sites for hydroxylation is 1.